The molecular weight excluding hydrogens is 552 g/mol. The summed E-state index contributed by atoms with van der Waals surface area (Å²) < 4.78 is 5.00. The number of rotatable bonds is 4. The highest BCUT2D eigenvalue weighted by Crippen LogP contribution is 2.23. The number of carbonyl (C=O) groups is 1. The standard InChI is InChI=1S/C34H26N8O2/c1-21(37-33(43)29-30(35)39-41-19-9-18-36-32(29)41)31-38-26-14-8-10-22(28(26)34(44)42(31)24-11-4-3-5-12-24)16-17-23-20-40(2)27-15-7-6-13-25(23)27/h3-15,18-21H,1-2H3,(H2,35,39)(H,37,43)/t21-/m0/s1. The van der Waals surface area contributed by atoms with Gasteiger partial charge in [-0.25, -0.2) is 14.5 Å². The third-order valence-electron chi connectivity index (χ3n) is 7.55. The van der Waals surface area contributed by atoms with Crippen molar-refractivity contribution in [1.82, 2.24) is 34.0 Å². The van der Waals surface area contributed by atoms with Gasteiger partial charge in [0.25, 0.3) is 11.5 Å². The molecule has 1 amide bonds. The fourth-order valence-corrected chi connectivity index (χ4v) is 5.50. The number of benzene rings is 3. The molecule has 214 valence electrons. The zero-order chi connectivity index (χ0) is 30.4. The number of nitrogens with zero attached hydrogens (tertiary/aromatic N) is 6. The van der Waals surface area contributed by atoms with E-state index in [-0.39, 0.29) is 16.9 Å². The van der Waals surface area contributed by atoms with Gasteiger partial charge >= 0.3 is 0 Å². The summed E-state index contributed by atoms with van der Waals surface area (Å²) in [4.78, 5) is 37.0. The lowest BCUT2D eigenvalue weighted by molar-refractivity contribution is 0.0940. The molecule has 10 heteroatoms. The van der Waals surface area contributed by atoms with Crippen molar-refractivity contribution in [3.8, 4) is 17.5 Å². The Labute approximate surface area is 251 Å². The Morgan fingerprint density at radius 1 is 0.955 bits per heavy atom. The third kappa shape index (κ3) is 4.44. The van der Waals surface area contributed by atoms with Crippen LogP contribution in [0.3, 0.4) is 0 Å². The van der Waals surface area contributed by atoms with Gasteiger partial charge in [0.05, 0.1) is 28.2 Å². The van der Waals surface area contributed by atoms with Crippen molar-refractivity contribution in [2.75, 3.05) is 5.73 Å². The Morgan fingerprint density at radius 3 is 2.57 bits per heavy atom. The molecule has 0 radical (unpaired) electrons. The quantitative estimate of drug-likeness (QED) is 0.299. The third-order valence-corrected chi connectivity index (χ3v) is 7.55. The van der Waals surface area contributed by atoms with E-state index in [1.54, 1.807) is 31.5 Å². The summed E-state index contributed by atoms with van der Waals surface area (Å²) in [6.45, 7) is 1.77. The number of aryl methyl sites for hydroxylation is 1. The Hall–Kier alpha value is -6.21. The number of para-hydroxylation sites is 2. The van der Waals surface area contributed by atoms with Gasteiger partial charge < -0.3 is 15.6 Å². The summed E-state index contributed by atoms with van der Waals surface area (Å²) >= 11 is 0. The second-order valence-corrected chi connectivity index (χ2v) is 10.4. The second-order valence-electron chi connectivity index (χ2n) is 10.4. The lowest BCUT2D eigenvalue weighted by Gasteiger charge is -2.20. The minimum Gasteiger partial charge on any atom is -0.381 e. The molecule has 3 aromatic carbocycles. The average molecular weight is 579 g/mol. The SMILES string of the molecule is C[C@H](NC(=O)c1c(N)nn2cccnc12)c1nc2cccc(C#Cc3cn(C)c4ccccc34)c2c(=O)n1-c1ccccc1. The summed E-state index contributed by atoms with van der Waals surface area (Å²) in [6.07, 6.45) is 5.21. The summed E-state index contributed by atoms with van der Waals surface area (Å²) in [5.74, 6) is 6.43. The van der Waals surface area contributed by atoms with Crippen molar-refractivity contribution in [3.05, 3.63) is 130 Å². The molecule has 4 aromatic heterocycles. The van der Waals surface area contributed by atoms with Crippen molar-refractivity contribution < 1.29 is 4.79 Å². The molecule has 0 aliphatic heterocycles. The Morgan fingerprint density at radius 2 is 1.73 bits per heavy atom. The van der Waals surface area contributed by atoms with Gasteiger partial charge in [-0.05, 0) is 43.3 Å². The van der Waals surface area contributed by atoms with Gasteiger partial charge in [0, 0.05) is 42.1 Å². The monoisotopic (exact) mass is 578 g/mol. The number of aromatic nitrogens is 6. The van der Waals surface area contributed by atoms with Crippen molar-refractivity contribution >= 4 is 39.2 Å². The number of nitrogens with two attached hydrogens (primary N) is 1. The van der Waals surface area contributed by atoms with Crippen molar-refractivity contribution in [1.29, 1.82) is 0 Å². The maximum absolute atomic E-state index is 14.3. The molecule has 0 saturated heterocycles. The largest absolute Gasteiger partial charge is 0.381 e. The average Bonchev–Trinajstić information content (AvgIpc) is 3.55. The fourth-order valence-electron chi connectivity index (χ4n) is 5.50. The number of nitrogens with one attached hydrogen (secondary N) is 1. The molecule has 0 bridgehead atoms. The normalized spacial score (nSPS) is 11.9. The number of fused-ring (bicyclic) bond motifs is 3. The summed E-state index contributed by atoms with van der Waals surface area (Å²) in [6, 6.07) is 23.7. The number of hydrogen-bond acceptors (Lipinski definition) is 6. The molecule has 0 aliphatic carbocycles. The minimum atomic E-state index is -0.691. The number of carbonyl (C=O) groups excluding carboxylic acids is 1. The lowest BCUT2D eigenvalue weighted by atomic mass is 10.1. The summed E-state index contributed by atoms with van der Waals surface area (Å²) in [7, 11) is 1.98. The zero-order valence-electron chi connectivity index (χ0n) is 23.9. The van der Waals surface area contributed by atoms with Gasteiger partial charge in [0.15, 0.2) is 11.5 Å². The maximum Gasteiger partial charge on any atom is 0.267 e. The topological polar surface area (TPSA) is 125 Å². The first-order valence-electron chi connectivity index (χ1n) is 14.0. The molecule has 0 spiro atoms. The molecule has 0 fully saturated rings. The van der Waals surface area contributed by atoms with Gasteiger partial charge in [0.1, 0.15) is 11.4 Å². The van der Waals surface area contributed by atoms with Crippen LogP contribution in [0.25, 0.3) is 33.1 Å². The van der Waals surface area contributed by atoms with Gasteiger partial charge in [-0.2, -0.15) is 0 Å². The van der Waals surface area contributed by atoms with Gasteiger partial charge in [-0.3, -0.25) is 14.2 Å². The molecule has 0 aliphatic rings. The molecule has 4 heterocycles. The predicted molar refractivity (Wildman–Crippen MR) is 170 cm³/mol. The number of hydrogen-bond donors (Lipinski definition) is 2. The summed E-state index contributed by atoms with van der Waals surface area (Å²) in [5, 5.41) is 8.57. The van der Waals surface area contributed by atoms with E-state index >= 15 is 0 Å². The Kier molecular flexibility index (Phi) is 6.40. The van der Waals surface area contributed by atoms with E-state index in [1.165, 1.54) is 9.08 Å². The number of amides is 1. The molecule has 7 rings (SSSR count). The smallest absolute Gasteiger partial charge is 0.267 e. The van der Waals surface area contributed by atoms with E-state index in [0.29, 0.717) is 33.6 Å². The molecule has 0 unspecified atom stereocenters. The van der Waals surface area contributed by atoms with E-state index in [2.05, 4.69) is 27.2 Å². The van der Waals surface area contributed by atoms with Crippen LogP contribution < -0.4 is 16.6 Å². The van der Waals surface area contributed by atoms with Crippen LogP contribution in [0, 0.1) is 11.8 Å². The number of nitrogen functional groups attached to an aromatic ring is 1. The first-order valence-corrected chi connectivity index (χ1v) is 14.0. The van der Waals surface area contributed by atoms with E-state index in [4.69, 9.17) is 10.7 Å². The van der Waals surface area contributed by atoms with Crippen LogP contribution in [0.2, 0.25) is 0 Å². The van der Waals surface area contributed by atoms with E-state index in [0.717, 1.165) is 16.5 Å². The van der Waals surface area contributed by atoms with Crippen LogP contribution in [-0.4, -0.2) is 34.6 Å². The highest BCUT2D eigenvalue weighted by atomic mass is 16.2. The van der Waals surface area contributed by atoms with Crippen LogP contribution >= 0.6 is 0 Å². The van der Waals surface area contributed by atoms with Gasteiger partial charge in [-0.15, -0.1) is 5.10 Å². The molecule has 0 saturated carbocycles. The Bertz CT molecular complexity index is 2360. The Balaban J connectivity index is 1.35. The van der Waals surface area contributed by atoms with Gasteiger partial charge in [-0.1, -0.05) is 54.3 Å². The van der Waals surface area contributed by atoms with Crippen molar-refractivity contribution in [3.63, 3.8) is 0 Å². The van der Waals surface area contributed by atoms with E-state index < -0.39 is 11.9 Å². The molecule has 1 atom stereocenters. The predicted octanol–water partition coefficient (Wildman–Crippen LogP) is 4.39. The van der Waals surface area contributed by atoms with E-state index in [9.17, 15) is 9.59 Å². The molecule has 7 aromatic rings. The van der Waals surface area contributed by atoms with Crippen LogP contribution in [0.4, 0.5) is 5.82 Å². The van der Waals surface area contributed by atoms with Crippen LogP contribution in [0.15, 0.2) is 102 Å². The van der Waals surface area contributed by atoms with Gasteiger partial charge in [0.2, 0.25) is 0 Å². The van der Waals surface area contributed by atoms with Crippen LogP contribution in [0.1, 0.15) is 40.3 Å². The first-order chi connectivity index (χ1) is 21.4. The zero-order valence-corrected chi connectivity index (χ0v) is 23.9. The fraction of sp³-hybridized carbons (Fsp3) is 0.0882. The lowest BCUT2D eigenvalue weighted by Crippen LogP contribution is -2.33. The van der Waals surface area contributed by atoms with Crippen LogP contribution in [-0.2, 0) is 7.05 Å². The molecule has 10 nitrogen and oxygen atoms in total. The van der Waals surface area contributed by atoms with Crippen molar-refractivity contribution in [2.45, 2.75) is 13.0 Å². The second kappa shape index (κ2) is 10.6. The molecule has 44 heavy (non-hydrogen) atoms. The number of anilines is 1. The summed E-state index contributed by atoms with van der Waals surface area (Å²) in [5.41, 5.74) is 9.86. The molecule has 3 N–H and O–H groups in total. The highest BCUT2D eigenvalue weighted by molar-refractivity contribution is 6.04. The van der Waals surface area contributed by atoms with Crippen LogP contribution in [0.5, 0.6) is 0 Å². The minimum absolute atomic E-state index is 0.0507. The van der Waals surface area contributed by atoms with Crippen molar-refractivity contribution in [2.24, 2.45) is 7.05 Å². The maximum atomic E-state index is 14.3. The first kappa shape index (κ1) is 26.7. The molecular formula is C34H26N8O2. The highest BCUT2D eigenvalue weighted by Gasteiger charge is 2.25. The van der Waals surface area contributed by atoms with E-state index in [1.807, 2.05) is 84.5 Å².